The van der Waals surface area contributed by atoms with Crippen LogP contribution in [0.4, 0.5) is 28.7 Å². The van der Waals surface area contributed by atoms with Crippen LogP contribution in [0.2, 0.25) is 0 Å². The normalized spacial score (nSPS) is 10.5. The van der Waals surface area contributed by atoms with Crippen LogP contribution in [-0.4, -0.2) is 9.97 Å². The molecule has 0 saturated heterocycles. The Morgan fingerprint density at radius 2 is 1.20 bits per heavy atom. The average molecular weight is 333 g/mol. The Morgan fingerprint density at radius 1 is 0.760 bits per heavy atom. The van der Waals surface area contributed by atoms with Crippen molar-refractivity contribution in [1.82, 2.24) is 9.97 Å². The van der Waals surface area contributed by atoms with E-state index in [0.29, 0.717) is 17.3 Å². The molecule has 128 valence electrons. The molecule has 5 heteroatoms. The monoisotopic (exact) mass is 333 g/mol. The molecule has 0 spiro atoms. The Morgan fingerprint density at radius 3 is 1.64 bits per heavy atom. The number of anilines is 5. The first-order valence-corrected chi connectivity index (χ1v) is 8.53. The fourth-order valence-corrected chi connectivity index (χ4v) is 2.75. The van der Waals surface area contributed by atoms with E-state index in [1.165, 1.54) is 17.5 Å². The van der Waals surface area contributed by atoms with Crippen molar-refractivity contribution in [2.45, 2.75) is 26.7 Å². The number of nitrogens with one attached hydrogen (secondary N) is 2. The van der Waals surface area contributed by atoms with Crippen LogP contribution in [0, 0.1) is 0 Å². The quantitative estimate of drug-likeness (QED) is 0.611. The third-order valence-electron chi connectivity index (χ3n) is 4.19. The van der Waals surface area contributed by atoms with Crippen LogP contribution < -0.4 is 16.4 Å². The zero-order valence-corrected chi connectivity index (χ0v) is 14.6. The van der Waals surface area contributed by atoms with Gasteiger partial charge in [-0.2, -0.15) is 0 Å². The summed E-state index contributed by atoms with van der Waals surface area (Å²) in [6.45, 7) is 4.25. The molecule has 1 aromatic heterocycles. The number of para-hydroxylation sites is 2. The van der Waals surface area contributed by atoms with E-state index in [1.54, 1.807) is 0 Å². The van der Waals surface area contributed by atoms with Gasteiger partial charge in [0.2, 0.25) is 0 Å². The summed E-state index contributed by atoms with van der Waals surface area (Å²) in [5.74, 6) is 1.21. The molecule has 3 rings (SSSR count). The van der Waals surface area contributed by atoms with Gasteiger partial charge in [0, 0.05) is 11.4 Å². The fraction of sp³-hybridized carbons (Fsp3) is 0.200. The second-order valence-electron chi connectivity index (χ2n) is 5.76. The summed E-state index contributed by atoms with van der Waals surface area (Å²) in [5, 5.41) is 6.66. The van der Waals surface area contributed by atoms with Crippen molar-refractivity contribution in [3.05, 3.63) is 66.0 Å². The van der Waals surface area contributed by atoms with Gasteiger partial charge < -0.3 is 16.4 Å². The molecule has 3 aromatic rings. The predicted octanol–water partition coefficient (Wildman–Crippen LogP) is 4.67. The highest BCUT2D eigenvalue weighted by Crippen LogP contribution is 2.30. The second-order valence-corrected chi connectivity index (χ2v) is 5.76. The number of nitrogen functional groups attached to an aromatic ring is 1. The molecule has 5 nitrogen and oxygen atoms in total. The van der Waals surface area contributed by atoms with E-state index < -0.39 is 0 Å². The number of hydrogen-bond acceptors (Lipinski definition) is 5. The fourth-order valence-electron chi connectivity index (χ4n) is 2.75. The molecule has 4 N–H and O–H groups in total. The predicted molar refractivity (Wildman–Crippen MR) is 105 cm³/mol. The molecule has 0 bridgehead atoms. The minimum atomic E-state index is 0.499. The summed E-state index contributed by atoms with van der Waals surface area (Å²) in [6, 6.07) is 16.3. The molecule has 0 unspecified atom stereocenters. The molecule has 1 heterocycles. The average Bonchev–Trinajstić information content (AvgIpc) is 2.66. The molecule has 0 radical (unpaired) electrons. The first-order valence-electron chi connectivity index (χ1n) is 8.53. The van der Waals surface area contributed by atoms with Crippen LogP contribution in [0.15, 0.2) is 54.9 Å². The second kappa shape index (κ2) is 7.66. The maximum absolute atomic E-state index is 6.31. The minimum Gasteiger partial charge on any atom is -0.393 e. The van der Waals surface area contributed by atoms with E-state index in [2.05, 4.69) is 46.6 Å². The molecule has 0 amide bonds. The lowest BCUT2D eigenvalue weighted by atomic mass is 10.1. The van der Waals surface area contributed by atoms with E-state index in [4.69, 9.17) is 5.73 Å². The Kier molecular flexibility index (Phi) is 5.14. The smallest absolute Gasteiger partial charge is 0.159 e. The van der Waals surface area contributed by atoms with Gasteiger partial charge in [0.25, 0.3) is 0 Å². The number of hydrogen-bond donors (Lipinski definition) is 3. The van der Waals surface area contributed by atoms with Crippen LogP contribution >= 0.6 is 0 Å². The maximum Gasteiger partial charge on any atom is 0.159 e. The van der Waals surface area contributed by atoms with Gasteiger partial charge in [-0.3, -0.25) is 0 Å². The lowest BCUT2D eigenvalue weighted by Crippen LogP contribution is -2.06. The number of nitrogens with two attached hydrogens (primary N) is 1. The molecule has 2 aromatic carbocycles. The molecular formula is C20H23N5. The van der Waals surface area contributed by atoms with Gasteiger partial charge in [0.05, 0.1) is 0 Å². The summed E-state index contributed by atoms with van der Waals surface area (Å²) in [5.41, 5.74) is 11.3. The lowest BCUT2D eigenvalue weighted by Gasteiger charge is -2.15. The van der Waals surface area contributed by atoms with E-state index in [1.807, 2.05) is 36.4 Å². The molecule has 0 aliphatic rings. The maximum atomic E-state index is 6.31. The Hall–Kier alpha value is -3.08. The zero-order chi connectivity index (χ0) is 17.6. The summed E-state index contributed by atoms with van der Waals surface area (Å²) in [6.07, 6.45) is 3.39. The zero-order valence-electron chi connectivity index (χ0n) is 14.6. The van der Waals surface area contributed by atoms with Crippen molar-refractivity contribution < 1.29 is 0 Å². The molecule has 0 fully saturated rings. The van der Waals surface area contributed by atoms with Gasteiger partial charge in [0.15, 0.2) is 11.6 Å². The van der Waals surface area contributed by atoms with E-state index >= 15 is 0 Å². The summed E-state index contributed by atoms with van der Waals surface area (Å²) >= 11 is 0. The van der Waals surface area contributed by atoms with Gasteiger partial charge in [0.1, 0.15) is 12.0 Å². The van der Waals surface area contributed by atoms with Crippen LogP contribution in [0.25, 0.3) is 0 Å². The van der Waals surface area contributed by atoms with Crippen LogP contribution in [0.1, 0.15) is 25.0 Å². The van der Waals surface area contributed by atoms with Crippen molar-refractivity contribution in [3.8, 4) is 0 Å². The summed E-state index contributed by atoms with van der Waals surface area (Å²) in [4.78, 5) is 8.61. The van der Waals surface area contributed by atoms with Crippen LogP contribution in [0.3, 0.4) is 0 Å². The Balaban J connectivity index is 1.90. The molecule has 0 aliphatic carbocycles. The molecule has 0 atom stereocenters. The highest BCUT2D eigenvalue weighted by atomic mass is 15.1. The van der Waals surface area contributed by atoms with E-state index in [9.17, 15) is 0 Å². The molecule has 0 aliphatic heterocycles. The number of aromatic nitrogens is 2. The molecular weight excluding hydrogens is 310 g/mol. The van der Waals surface area contributed by atoms with Crippen molar-refractivity contribution in [2.24, 2.45) is 0 Å². The lowest BCUT2D eigenvalue weighted by molar-refractivity contribution is 1.12. The molecule has 0 saturated carbocycles. The summed E-state index contributed by atoms with van der Waals surface area (Å²) < 4.78 is 0. The van der Waals surface area contributed by atoms with Gasteiger partial charge in [-0.1, -0.05) is 50.2 Å². The SMILES string of the molecule is CCc1ccccc1Nc1ncnc(Nc2ccccc2CC)c1N. The largest absolute Gasteiger partial charge is 0.393 e. The number of rotatable bonds is 6. The van der Waals surface area contributed by atoms with E-state index in [0.717, 1.165) is 24.2 Å². The highest BCUT2D eigenvalue weighted by molar-refractivity contribution is 5.81. The Bertz CT molecular complexity index is 792. The number of benzene rings is 2. The Labute approximate surface area is 148 Å². The van der Waals surface area contributed by atoms with Crippen molar-refractivity contribution in [1.29, 1.82) is 0 Å². The summed E-state index contributed by atoms with van der Waals surface area (Å²) in [7, 11) is 0. The number of nitrogens with zero attached hydrogens (tertiary/aromatic N) is 2. The third kappa shape index (κ3) is 3.71. The standard InChI is InChI=1S/C20H23N5/c1-3-14-9-5-7-11-16(14)24-19-18(21)20(23-13-22-19)25-17-12-8-6-10-15(17)4-2/h5-13H,3-4,21H2,1-2H3,(H2,22,23,24,25). The van der Waals surface area contributed by atoms with Crippen LogP contribution in [-0.2, 0) is 12.8 Å². The van der Waals surface area contributed by atoms with Gasteiger partial charge in [-0.15, -0.1) is 0 Å². The van der Waals surface area contributed by atoms with Crippen molar-refractivity contribution in [3.63, 3.8) is 0 Å². The topological polar surface area (TPSA) is 75.9 Å². The van der Waals surface area contributed by atoms with Crippen LogP contribution in [0.5, 0.6) is 0 Å². The minimum absolute atomic E-state index is 0.499. The molecule has 25 heavy (non-hydrogen) atoms. The van der Waals surface area contributed by atoms with Crippen molar-refractivity contribution >= 4 is 28.7 Å². The number of aryl methyl sites for hydroxylation is 2. The van der Waals surface area contributed by atoms with E-state index in [-0.39, 0.29) is 0 Å². The van der Waals surface area contributed by atoms with Gasteiger partial charge >= 0.3 is 0 Å². The first kappa shape index (κ1) is 16.8. The van der Waals surface area contributed by atoms with Gasteiger partial charge in [-0.05, 0) is 36.1 Å². The van der Waals surface area contributed by atoms with Crippen molar-refractivity contribution in [2.75, 3.05) is 16.4 Å². The first-order chi connectivity index (χ1) is 12.2. The highest BCUT2D eigenvalue weighted by Gasteiger charge is 2.11. The third-order valence-corrected chi connectivity index (χ3v) is 4.19. The van der Waals surface area contributed by atoms with Gasteiger partial charge in [-0.25, -0.2) is 9.97 Å².